The Morgan fingerprint density at radius 1 is 1.05 bits per heavy atom. The van der Waals surface area contributed by atoms with E-state index in [1.165, 1.54) is 6.42 Å². The highest BCUT2D eigenvalue weighted by Crippen LogP contribution is 2.33. The van der Waals surface area contributed by atoms with Crippen LogP contribution in [0.1, 0.15) is 52.9 Å². The van der Waals surface area contributed by atoms with Gasteiger partial charge >= 0.3 is 0 Å². The van der Waals surface area contributed by atoms with Gasteiger partial charge in [0.2, 0.25) is 5.91 Å². The van der Waals surface area contributed by atoms with Crippen molar-refractivity contribution in [1.29, 1.82) is 0 Å². The Hall–Kier alpha value is -0.280. The molecule has 2 rings (SSSR count). The highest BCUT2D eigenvalue weighted by atomic mass is 35.5. The standard InChI is InChI=1S/C15H28N2O.ClH/c1-14(2)6-5-10-17(11-8-14)13(18)15(3)7-4-9-16-12-15;/h16H,4-12H2,1-3H3;1H. The molecule has 0 aromatic carbocycles. The summed E-state index contributed by atoms with van der Waals surface area (Å²) in [7, 11) is 0. The summed E-state index contributed by atoms with van der Waals surface area (Å²) >= 11 is 0. The second kappa shape index (κ2) is 6.45. The van der Waals surface area contributed by atoms with Crippen molar-refractivity contribution in [2.45, 2.75) is 52.9 Å². The number of nitrogens with zero attached hydrogens (tertiary/aromatic N) is 1. The van der Waals surface area contributed by atoms with Gasteiger partial charge in [-0.05, 0) is 51.0 Å². The summed E-state index contributed by atoms with van der Waals surface area (Å²) in [6, 6.07) is 0. The molecule has 112 valence electrons. The van der Waals surface area contributed by atoms with Gasteiger partial charge in [-0.25, -0.2) is 0 Å². The maximum Gasteiger partial charge on any atom is 0.229 e. The number of likely N-dealkylation sites (tertiary alicyclic amines) is 1. The fourth-order valence-corrected chi connectivity index (χ4v) is 3.25. The lowest BCUT2D eigenvalue weighted by molar-refractivity contribution is -0.142. The summed E-state index contributed by atoms with van der Waals surface area (Å²) in [5.41, 5.74) is 0.244. The van der Waals surface area contributed by atoms with E-state index in [1.54, 1.807) is 0 Å². The lowest BCUT2D eigenvalue weighted by Gasteiger charge is -2.37. The zero-order valence-corrected chi connectivity index (χ0v) is 13.4. The molecule has 0 spiro atoms. The summed E-state index contributed by atoms with van der Waals surface area (Å²) < 4.78 is 0. The highest BCUT2D eigenvalue weighted by Gasteiger charge is 2.38. The number of hydrogen-bond acceptors (Lipinski definition) is 2. The SMILES string of the molecule is CC1(C)CCCN(C(=O)C2(C)CCCNC2)CC1.Cl. The average molecular weight is 289 g/mol. The molecule has 1 amide bonds. The third-order valence-corrected chi connectivity index (χ3v) is 4.74. The van der Waals surface area contributed by atoms with E-state index in [1.807, 2.05) is 0 Å². The van der Waals surface area contributed by atoms with Crippen LogP contribution in [0.3, 0.4) is 0 Å². The molecule has 0 saturated carbocycles. The van der Waals surface area contributed by atoms with Crippen molar-refractivity contribution in [3.8, 4) is 0 Å². The van der Waals surface area contributed by atoms with Crippen LogP contribution in [-0.2, 0) is 4.79 Å². The number of rotatable bonds is 1. The molecule has 4 heteroatoms. The first-order chi connectivity index (χ1) is 8.43. The summed E-state index contributed by atoms with van der Waals surface area (Å²) in [5, 5.41) is 3.38. The number of carbonyl (C=O) groups is 1. The van der Waals surface area contributed by atoms with Crippen LogP contribution in [-0.4, -0.2) is 37.0 Å². The van der Waals surface area contributed by atoms with E-state index < -0.39 is 0 Å². The van der Waals surface area contributed by atoms with Gasteiger partial charge in [0.1, 0.15) is 0 Å². The maximum atomic E-state index is 12.7. The van der Waals surface area contributed by atoms with Crippen molar-refractivity contribution in [1.82, 2.24) is 10.2 Å². The Balaban J connectivity index is 0.00000180. The zero-order chi connectivity index (χ0) is 13.2. The molecule has 1 unspecified atom stereocenters. The Bertz CT molecular complexity index is 311. The molecule has 0 bridgehead atoms. The van der Waals surface area contributed by atoms with Crippen LogP contribution in [0.15, 0.2) is 0 Å². The first-order valence-electron chi connectivity index (χ1n) is 7.43. The van der Waals surface area contributed by atoms with Crippen LogP contribution >= 0.6 is 12.4 Å². The lowest BCUT2D eigenvalue weighted by Crippen LogP contribution is -2.50. The van der Waals surface area contributed by atoms with Crippen molar-refractivity contribution in [2.75, 3.05) is 26.2 Å². The molecule has 3 nitrogen and oxygen atoms in total. The molecule has 1 N–H and O–H groups in total. The van der Waals surface area contributed by atoms with Gasteiger partial charge in [-0.2, -0.15) is 0 Å². The molecule has 2 heterocycles. The smallest absolute Gasteiger partial charge is 0.229 e. The number of amides is 1. The molecular formula is C15H29ClN2O. The molecule has 0 aliphatic carbocycles. The van der Waals surface area contributed by atoms with Crippen molar-refractivity contribution in [3.05, 3.63) is 0 Å². The van der Waals surface area contributed by atoms with Gasteiger partial charge in [-0.15, -0.1) is 12.4 Å². The second-order valence-electron chi connectivity index (χ2n) is 7.15. The quantitative estimate of drug-likeness (QED) is 0.805. The number of piperidine rings is 1. The Labute approximate surface area is 123 Å². The van der Waals surface area contributed by atoms with E-state index >= 15 is 0 Å². The minimum Gasteiger partial charge on any atom is -0.342 e. The molecule has 19 heavy (non-hydrogen) atoms. The fraction of sp³-hybridized carbons (Fsp3) is 0.933. The van der Waals surface area contributed by atoms with Gasteiger partial charge in [0.15, 0.2) is 0 Å². The number of halogens is 1. The van der Waals surface area contributed by atoms with Crippen molar-refractivity contribution in [2.24, 2.45) is 10.8 Å². The minimum absolute atomic E-state index is 0. The average Bonchev–Trinajstić information content (AvgIpc) is 2.50. The van der Waals surface area contributed by atoms with Crippen molar-refractivity contribution < 1.29 is 4.79 Å². The van der Waals surface area contributed by atoms with Gasteiger partial charge in [0.05, 0.1) is 5.41 Å². The normalized spacial score (nSPS) is 31.2. The van der Waals surface area contributed by atoms with E-state index in [-0.39, 0.29) is 17.8 Å². The number of carbonyl (C=O) groups excluding carboxylic acids is 1. The number of hydrogen-bond donors (Lipinski definition) is 1. The van der Waals surface area contributed by atoms with Crippen LogP contribution in [0, 0.1) is 10.8 Å². The minimum atomic E-state index is -0.160. The second-order valence-corrected chi connectivity index (χ2v) is 7.15. The Morgan fingerprint density at radius 2 is 1.79 bits per heavy atom. The maximum absolute atomic E-state index is 12.7. The molecule has 0 aromatic heterocycles. The zero-order valence-electron chi connectivity index (χ0n) is 12.6. The van der Waals surface area contributed by atoms with Crippen molar-refractivity contribution >= 4 is 18.3 Å². The Morgan fingerprint density at radius 3 is 2.42 bits per heavy atom. The lowest BCUT2D eigenvalue weighted by atomic mass is 9.81. The van der Waals surface area contributed by atoms with Gasteiger partial charge in [-0.1, -0.05) is 13.8 Å². The molecule has 2 fully saturated rings. The van der Waals surface area contributed by atoms with Crippen LogP contribution in [0.2, 0.25) is 0 Å². The van der Waals surface area contributed by atoms with Crippen molar-refractivity contribution in [3.63, 3.8) is 0 Å². The Kier molecular flexibility index (Phi) is 5.69. The molecule has 0 radical (unpaired) electrons. The van der Waals surface area contributed by atoms with E-state index in [9.17, 15) is 4.79 Å². The topological polar surface area (TPSA) is 32.3 Å². The van der Waals surface area contributed by atoms with Gasteiger partial charge in [0.25, 0.3) is 0 Å². The molecule has 1 atom stereocenters. The van der Waals surface area contributed by atoms with Crippen LogP contribution in [0.25, 0.3) is 0 Å². The third kappa shape index (κ3) is 4.09. The van der Waals surface area contributed by atoms with E-state index in [4.69, 9.17) is 0 Å². The largest absolute Gasteiger partial charge is 0.342 e. The van der Waals surface area contributed by atoms with E-state index in [0.717, 1.165) is 51.9 Å². The molecule has 0 aromatic rings. The third-order valence-electron chi connectivity index (χ3n) is 4.74. The van der Waals surface area contributed by atoms with Crippen LogP contribution in [0.4, 0.5) is 0 Å². The molecule has 2 aliphatic heterocycles. The first kappa shape index (κ1) is 16.8. The highest BCUT2D eigenvalue weighted by molar-refractivity contribution is 5.85. The molecular weight excluding hydrogens is 260 g/mol. The van der Waals surface area contributed by atoms with E-state index in [0.29, 0.717) is 11.3 Å². The van der Waals surface area contributed by atoms with Gasteiger partial charge in [-0.3, -0.25) is 4.79 Å². The summed E-state index contributed by atoms with van der Waals surface area (Å²) in [4.78, 5) is 14.9. The summed E-state index contributed by atoms with van der Waals surface area (Å²) in [6.45, 7) is 10.6. The first-order valence-corrected chi connectivity index (χ1v) is 7.43. The fourth-order valence-electron chi connectivity index (χ4n) is 3.25. The van der Waals surface area contributed by atoms with E-state index in [2.05, 4.69) is 31.0 Å². The summed E-state index contributed by atoms with van der Waals surface area (Å²) in [5.74, 6) is 0.382. The molecule has 2 saturated heterocycles. The van der Waals surface area contributed by atoms with Gasteiger partial charge < -0.3 is 10.2 Å². The van der Waals surface area contributed by atoms with Gasteiger partial charge in [0, 0.05) is 19.6 Å². The predicted octanol–water partition coefficient (Wildman–Crippen LogP) is 2.84. The molecule has 2 aliphatic rings. The number of nitrogens with one attached hydrogen (secondary N) is 1. The van der Waals surface area contributed by atoms with Crippen LogP contribution in [0.5, 0.6) is 0 Å². The summed E-state index contributed by atoms with van der Waals surface area (Å²) in [6.07, 6.45) is 5.70. The predicted molar refractivity (Wildman–Crippen MR) is 81.7 cm³/mol. The van der Waals surface area contributed by atoms with Crippen LogP contribution < -0.4 is 5.32 Å². The monoisotopic (exact) mass is 288 g/mol.